The van der Waals surface area contributed by atoms with Gasteiger partial charge in [-0.25, -0.2) is 0 Å². The number of aliphatic hydroxyl groups excluding tert-OH is 1. The first-order valence-corrected chi connectivity index (χ1v) is 18.1. The Morgan fingerprint density at radius 3 is 1.91 bits per heavy atom. The summed E-state index contributed by atoms with van der Waals surface area (Å²) >= 11 is 0. The van der Waals surface area contributed by atoms with E-state index in [1.54, 1.807) is 0 Å². The van der Waals surface area contributed by atoms with Crippen molar-refractivity contribution >= 4 is 11.9 Å². The van der Waals surface area contributed by atoms with Gasteiger partial charge in [0.1, 0.15) is 19.3 Å². The molecular formula is C38H66O6. The van der Waals surface area contributed by atoms with Gasteiger partial charge in [-0.3, -0.25) is 9.59 Å². The number of ether oxygens (including phenoxy) is 3. The van der Waals surface area contributed by atoms with Crippen LogP contribution in [0.1, 0.15) is 156 Å². The zero-order chi connectivity index (χ0) is 32.1. The Kier molecular flexibility index (Phi) is 26.0. The highest BCUT2D eigenvalue weighted by Crippen LogP contribution is 2.30. The average molecular weight is 619 g/mol. The number of carbonyl (C=O) groups excluding carboxylic acids is 2. The van der Waals surface area contributed by atoms with Crippen LogP contribution in [0.3, 0.4) is 0 Å². The topological polar surface area (TPSA) is 85.4 Å². The van der Waals surface area contributed by atoms with Crippen molar-refractivity contribution < 1.29 is 28.9 Å². The molecule has 1 aliphatic heterocycles. The zero-order valence-corrected chi connectivity index (χ0v) is 28.5. The zero-order valence-electron chi connectivity index (χ0n) is 28.5. The van der Waals surface area contributed by atoms with Gasteiger partial charge in [-0.15, -0.1) is 0 Å². The van der Waals surface area contributed by atoms with Crippen LogP contribution in [-0.2, 0) is 23.8 Å². The molecule has 0 bridgehead atoms. The summed E-state index contributed by atoms with van der Waals surface area (Å²) in [7, 11) is 0. The van der Waals surface area contributed by atoms with Gasteiger partial charge in [-0.05, 0) is 50.9 Å². The first kappa shape index (κ1) is 40.1. The molecule has 0 aromatic rings. The minimum Gasteiger partial charge on any atom is -0.463 e. The van der Waals surface area contributed by atoms with E-state index in [2.05, 4.69) is 57.2 Å². The summed E-state index contributed by atoms with van der Waals surface area (Å²) < 4.78 is 16.0. The average Bonchev–Trinajstić information content (AvgIpc) is 3.78. The van der Waals surface area contributed by atoms with Crippen molar-refractivity contribution in [1.82, 2.24) is 0 Å². The van der Waals surface area contributed by atoms with E-state index in [4.69, 9.17) is 14.2 Å². The van der Waals surface area contributed by atoms with Gasteiger partial charge in [0.25, 0.3) is 0 Å². The molecule has 0 aromatic carbocycles. The van der Waals surface area contributed by atoms with Gasteiger partial charge >= 0.3 is 11.9 Å². The Labute approximate surface area is 270 Å². The fraction of sp³-hybridized carbons (Fsp3) is 0.789. The van der Waals surface area contributed by atoms with Crippen molar-refractivity contribution in [3.05, 3.63) is 36.5 Å². The smallest absolute Gasteiger partial charge is 0.305 e. The highest BCUT2D eigenvalue weighted by Gasteiger charge is 2.36. The van der Waals surface area contributed by atoms with E-state index in [9.17, 15) is 14.7 Å². The summed E-state index contributed by atoms with van der Waals surface area (Å²) in [6.45, 7) is 6.54. The van der Waals surface area contributed by atoms with Gasteiger partial charge in [0.15, 0.2) is 0 Å². The first-order chi connectivity index (χ1) is 21.5. The molecule has 0 aliphatic carbocycles. The minimum absolute atomic E-state index is 0.136. The molecule has 1 rings (SSSR count). The van der Waals surface area contributed by atoms with E-state index < -0.39 is 6.10 Å². The van der Waals surface area contributed by atoms with Crippen molar-refractivity contribution in [2.75, 3.05) is 13.2 Å². The van der Waals surface area contributed by atoms with Crippen molar-refractivity contribution in [3.63, 3.8) is 0 Å². The second-order valence-electron chi connectivity index (χ2n) is 12.6. The van der Waals surface area contributed by atoms with Crippen LogP contribution in [0.5, 0.6) is 0 Å². The van der Waals surface area contributed by atoms with Gasteiger partial charge in [-0.1, -0.05) is 134 Å². The highest BCUT2D eigenvalue weighted by molar-refractivity contribution is 5.69. The Bertz CT molecular complexity index is 788. The second kappa shape index (κ2) is 28.5. The fourth-order valence-corrected chi connectivity index (χ4v) is 5.09. The van der Waals surface area contributed by atoms with Crippen LogP contribution in [0.4, 0.5) is 0 Å². The number of esters is 2. The lowest BCUT2D eigenvalue weighted by atomic mass is 9.99. The molecule has 1 saturated heterocycles. The van der Waals surface area contributed by atoms with Crippen LogP contribution >= 0.6 is 0 Å². The maximum atomic E-state index is 11.9. The quantitative estimate of drug-likeness (QED) is 0.0373. The Morgan fingerprint density at radius 2 is 1.27 bits per heavy atom. The van der Waals surface area contributed by atoms with Gasteiger partial charge in [0.2, 0.25) is 0 Å². The van der Waals surface area contributed by atoms with Crippen LogP contribution in [0, 0.1) is 5.92 Å². The van der Waals surface area contributed by atoms with Crippen LogP contribution in [0.15, 0.2) is 36.5 Å². The number of hydrogen-bond acceptors (Lipinski definition) is 6. The fourth-order valence-electron chi connectivity index (χ4n) is 5.09. The lowest BCUT2D eigenvalue weighted by Crippen LogP contribution is -2.25. The molecule has 1 heterocycles. The number of unbranched alkanes of at least 4 members (excludes halogenated alkanes) is 10. The first-order valence-electron chi connectivity index (χ1n) is 18.1. The summed E-state index contributed by atoms with van der Waals surface area (Å²) in [5, 5.41) is 9.97. The Hall–Kier alpha value is -1.92. The number of carbonyl (C=O) groups is 2. The van der Waals surface area contributed by atoms with Gasteiger partial charge in [0, 0.05) is 12.8 Å². The molecule has 4 atom stereocenters. The Morgan fingerprint density at radius 1 is 0.705 bits per heavy atom. The maximum Gasteiger partial charge on any atom is 0.305 e. The molecule has 0 spiro atoms. The number of epoxide rings is 1. The molecule has 0 saturated carbocycles. The van der Waals surface area contributed by atoms with E-state index in [1.165, 1.54) is 70.6 Å². The van der Waals surface area contributed by atoms with Crippen molar-refractivity contribution in [3.8, 4) is 0 Å². The monoisotopic (exact) mass is 618 g/mol. The number of allylic oxidation sites excluding steroid dienone is 5. The third-order valence-corrected chi connectivity index (χ3v) is 8.34. The molecular weight excluding hydrogens is 552 g/mol. The largest absolute Gasteiger partial charge is 0.463 e. The molecule has 3 unspecified atom stereocenters. The Balaban J connectivity index is 1.88. The van der Waals surface area contributed by atoms with Crippen LogP contribution < -0.4 is 0 Å². The van der Waals surface area contributed by atoms with Crippen LogP contribution in [0.2, 0.25) is 0 Å². The van der Waals surface area contributed by atoms with E-state index in [0.717, 1.165) is 50.9 Å². The van der Waals surface area contributed by atoms with Crippen LogP contribution in [-0.4, -0.2) is 48.6 Å². The van der Waals surface area contributed by atoms with Crippen molar-refractivity contribution in [1.29, 1.82) is 0 Å². The maximum absolute atomic E-state index is 11.9. The molecule has 1 N–H and O–H groups in total. The molecule has 0 aromatic heterocycles. The summed E-state index contributed by atoms with van der Waals surface area (Å²) in [6.07, 6.45) is 35.1. The SMILES string of the molecule is CCCCCC1OC1C/C=C\C/C=C\C/C=C\CCCC(=O)OC[C@H](O)COC(=O)CCCCCCCCCCC(C)CC. The number of hydrogen-bond donors (Lipinski definition) is 1. The summed E-state index contributed by atoms with van der Waals surface area (Å²) in [6, 6.07) is 0. The lowest BCUT2D eigenvalue weighted by Gasteiger charge is -2.12. The van der Waals surface area contributed by atoms with Crippen molar-refractivity contribution in [2.24, 2.45) is 5.92 Å². The number of rotatable bonds is 30. The predicted molar refractivity (Wildman–Crippen MR) is 181 cm³/mol. The van der Waals surface area contributed by atoms with E-state index >= 15 is 0 Å². The molecule has 1 fully saturated rings. The molecule has 0 amide bonds. The normalized spacial score (nSPS) is 17.9. The summed E-state index contributed by atoms with van der Waals surface area (Å²) in [4.78, 5) is 23.8. The second-order valence-corrected chi connectivity index (χ2v) is 12.6. The van der Waals surface area contributed by atoms with Gasteiger partial charge in [-0.2, -0.15) is 0 Å². The third-order valence-electron chi connectivity index (χ3n) is 8.34. The molecule has 6 heteroatoms. The lowest BCUT2D eigenvalue weighted by molar-refractivity contribution is -0.152. The molecule has 6 nitrogen and oxygen atoms in total. The molecule has 0 radical (unpaired) electrons. The van der Waals surface area contributed by atoms with E-state index in [1.807, 2.05) is 0 Å². The van der Waals surface area contributed by atoms with E-state index in [-0.39, 0.29) is 25.2 Å². The van der Waals surface area contributed by atoms with Gasteiger partial charge < -0.3 is 19.3 Å². The minimum atomic E-state index is -0.987. The molecule has 44 heavy (non-hydrogen) atoms. The highest BCUT2D eigenvalue weighted by atomic mass is 16.6. The number of aliphatic hydroxyl groups is 1. The third kappa shape index (κ3) is 25.4. The van der Waals surface area contributed by atoms with Crippen molar-refractivity contribution in [2.45, 2.75) is 174 Å². The molecule has 1 aliphatic rings. The standard InChI is InChI=1S/C38H66O6/c1-4-6-21-27-35-36(44-35)28-23-18-14-9-7-8-10-15-19-24-29-37(40)42-31-34(39)32-43-38(41)30-25-20-16-12-11-13-17-22-26-33(3)5-2/h7,9-10,15,18,23,33-36,39H,4-6,8,11-14,16-17,19-22,24-32H2,1-3H3/b9-7-,15-10-,23-18-/t33?,34-,35?,36?/m0/s1. The molecule has 254 valence electrons. The summed E-state index contributed by atoms with van der Waals surface area (Å²) in [5.41, 5.74) is 0. The summed E-state index contributed by atoms with van der Waals surface area (Å²) in [5.74, 6) is 0.218. The van der Waals surface area contributed by atoms with E-state index in [0.29, 0.717) is 31.5 Å². The van der Waals surface area contributed by atoms with Crippen LogP contribution in [0.25, 0.3) is 0 Å². The van der Waals surface area contributed by atoms with Gasteiger partial charge in [0.05, 0.1) is 12.2 Å². The predicted octanol–water partition coefficient (Wildman–Crippen LogP) is 9.74.